The number of piperidine rings is 1. The zero-order valence-corrected chi connectivity index (χ0v) is 13.9. The lowest BCUT2D eigenvalue weighted by Gasteiger charge is -2.30. The average molecular weight is 341 g/mol. The number of carbonyl (C=O) groups excluding carboxylic acids is 1. The summed E-state index contributed by atoms with van der Waals surface area (Å²) >= 11 is 0. The highest BCUT2D eigenvalue weighted by molar-refractivity contribution is 5.72. The molecule has 0 aliphatic carbocycles. The van der Waals surface area contributed by atoms with Crippen LogP contribution in [-0.2, 0) is 0 Å². The summed E-state index contributed by atoms with van der Waals surface area (Å²) in [5, 5.41) is 0. The Bertz CT molecular complexity index is 740. The minimum absolute atomic E-state index is 0.273. The van der Waals surface area contributed by atoms with E-state index in [4.69, 9.17) is 4.74 Å². The first-order valence-electron chi connectivity index (χ1n) is 8.62. The molecule has 5 rings (SSSR count). The Labute approximate surface area is 146 Å². The van der Waals surface area contributed by atoms with Crippen LogP contribution in [0.25, 0.3) is 11.1 Å². The molecule has 2 aromatic rings. The van der Waals surface area contributed by atoms with E-state index in [9.17, 15) is 9.18 Å². The van der Waals surface area contributed by atoms with E-state index in [2.05, 4.69) is 9.88 Å². The number of pyridine rings is 1. The van der Waals surface area contributed by atoms with Gasteiger partial charge >= 0.3 is 6.09 Å². The summed E-state index contributed by atoms with van der Waals surface area (Å²) in [6, 6.07) is 10.5. The van der Waals surface area contributed by atoms with Gasteiger partial charge in [-0.25, -0.2) is 9.78 Å². The molecule has 0 spiro atoms. The van der Waals surface area contributed by atoms with Gasteiger partial charge < -0.3 is 14.5 Å². The zero-order valence-electron chi connectivity index (χ0n) is 13.9. The quantitative estimate of drug-likeness (QED) is 0.787. The molecule has 0 N–H and O–H groups in total. The minimum Gasteiger partial charge on any atom is -0.410 e. The highest BCUT2D eigenvalue weighted by Gasteiger charge is 2.32. The summed E-state index contributed by atoms with van der Waals surface area (Å²) in [5.74, 6) is 0.0140. The van der Waals surface area contributed by atoms with Gasteiger partial charge in [0.25, 0.3) is 0 Å². The minimum atomic E-state index is -0.503. The molecule has 0 radical (unpaired) electrons. The number of carbonyl (C=O) groups is 1. The van der Waals surface area contributed by atoms with E-state index in [0.29, 0.717) is 5.75 Å². The van der Waals surface area contributed by atoms with E-state index < -0.39 is 5.95 Å². The van der Waals surface area contributed by atoms with Crippen molar-refractivity contribution in [3.8, 4) is 16.9 Å². The van der Waals surface area contributed by atoms with Crippen LogP contribution >= 0.6 is 0 Å². The lowest BCUT2D eigenvalue weighted by molar-refractivity contribution is 0.131. The second-order valence-corrected chi connectivity index (χ2v) is 6.53. The highest BCUT2D eigenvalue weighted by Crippen LogP contribution is 2.24. The average Bonchev–Trinajstić information content (AvgIpc) is 2.97. The van der Waals surface area contributed by atoms with E-state index in [1.54, 1.807) is 18.2 Å². The van der Waals surface area contributed by atoms with Crippen molar-refractivity contribution in [2.24, 2.45) is 0 Å². The molecule has 3 aliphatic rings. The Kier molecular flexibility index (Phi) is 4.36. The van der Waals surface area contributed by atoms with Crippen molar-refractivity contribution in [3.63, 3.8) is 0 Å². The second kappa shape index (κ2) is 6.80. The zero-order chi connectivity index (χ0) is 17.2. The number of halogens is 1. The molecule has 0 atom stereocenters. The number of amides is 1. The number of fused-ring (bicyclic) bond motifs is 4. The maximum atomic E-state index is 12.9. The van der Waals surface area contributed by atoms with E-state index >= 15 is 0 Å². The standard InChI is InChI=1S/C19H20FN3O2/c20-18-6-3-15(13-21-18)14-1-4-17(5-2-14)25-19(24)23-12-11-22-9-7-16(23)8-10-22/h1-6,13,16H,7-12H2. The molecule has 3 aliphatic heterocycles. The third kappa shape index (κ3) is 3.49. The van der Waals surface area contributed by atoms with Crippen molar-refractivity contribution in [2.45, 2.75) is 18.9 Å². The highest BCUT2D eigenvalue weighted by atomic mass is 19.1. The molecule has 130 valence electrons. The fourth-order valence-corrected chi connectivity index (χ4v) is 3.55. The Hall–Kier alpha value is -2.47. The Morgan fingerprint density at radius 2 is 1.72 bits per heavy atom. The van der Waals surface area contributed by atoms with Crippen LogP contribution in [-0.4, -0.2) is 53.1 Å². The van der Waals surface area contributed by atoms with E-state index in [1.165, 1.54) is 12.3 Å². The summed E-state index contributed by atoms with van der Waals surface area (Å²) in [6.45, 7) is 3.77. The molecule has 25 heavy (non-hydrogen) atoms. The third-order valence-corrected chi connectivity index (χ3v) is 5.01. The Morgan fingerprint density at radius 3 is 2.40 bits per heavy atom. The number of aromatic nitrogens is 1. The smallest absolute Gasteiger partial charge is 0.410 e. The molecule has 2 bridgehead atoms. The summed E-state index contributed by atoms with van der Waals surface area (Å²) in [6.07, 6.45) is 3.25. The molecule has 0 unspecified atom stereocenters. The van der Waals surface area contributed by atoms with Gasteiger partial charge in [0.2, 0.25) is 5.95 Å². The molecule has 1 aromatic carbocycles. The SMILES string of the molecule is O=C(Oc1ccc(-c2ccc(F)nc2)cc1)N1CCN2CCC1CC2. The van der Waals surface area contributed by atoms with Crippen LogP contribution in [0.5, 0.6) is 5.75 Å². The molecule has 3 fully saturated rings. The largest absolute Gasteiger partial charge is 0.415 e. The van der Waals surface area contributed by atoms with Gasteiger partial charge in [-0.2, -0.15) is 4.39 Å². The normalized spacial score (nSPS) is 22.5. The number of nitrogens with zero attached hydrogens (tertiary/aromatic N) is 3. The fourth-order valence-electron chi connectivity index (χ4n) is 3.55. The monoisotopic (exact) mass is 341 g/mol. The molecule has 4 heterocycles. The summed E-state index contributed by atoms with van der Waals surface area (Å²) in [4.78, 5) is 20.5. The molecule has 1 aromatic heterocycles. The molecule has 0 saturated carbocycles. The van der Waals surface area contributed by atoms with Crippen molar-refractivity contribution in [1.82, 2.24) is 14.8 Å². The first-order chi connectivity index (χ1) is 12.2. The lowest BCUT2D eigenvalue weighted by Crippen LogP contribution is -2.43. The van der Waals surface area contributed by atoms with Crippen LogP contribution in [0.3, 0.4) is 0 Å². The van der Waals surface area contributed by atoms with Crippen molar-refractivity contribution in [1.29, 1.82) is 0 Å². The van der Waals surface area contributed by atoms with Crippen molar-refractivity contribution >= 4 is 6.09 Å². The van der Waals surface area contributed by atoms with Gasteiger partial charge in [-0.15, -0.1) is 0 Å². The third-order valence-electron chi connectivity index (χ3n) is 5.01. The van der Waals surface area contributed by atoms with E-state index in [0.717, 1.165) is 50.1 Å². The van der Waals surface area contributed by atoms with Crippen LogP contribution in [0, 0.1) is 5.95 Å². The first kappa shape index (κ1) is 16.0. The number of ether oxygens (including phenoxy) is 1. The lowest BCUT2D eigenvalue weighted by atomic mass is 10.1. The summed E-state index contributed by atoms with van der Waals surface area (Å²) in [7, 11) is 0. The van der Waals surface area contributed by atoms with Crippen LogP contribution in [0.2, 0.25) is 0 Å². The van der Waals surface area contributed by atoms with Crippen LogP contribution in [0.1, 0.15) is 12.8 Å². The number of hydrogen-bond acceptors (Lipinski definition) is 4. The summed E-state index contributed by atoms with van der Waals surface area (Å²) < 4.78 is 18.5. The van der Waals surface area contributed by atoms with Gasteiger partial charge in [-0.05, 0) is 42.7 Å². The molecule has 5 nitrogen and oxygen atoms in total. The number of hydrogen-bond donors (Lipinski definition) is 0. The molecule has 1 amide bonds. The first-order valence-corrected chi connectivity index (χ1v) is 8.62. The van der Waals surface area contributed by atoms with Gasteiger partial charge in [-0.1, -0.05) is 12.1 Å². The predicted octanol–water partition coefficient (Wildman–Crippen LogP) is 3.17. The van der Waals surface area contributed by atoms with Gasteiger partial charge in [0.15, 0.2) is 0 Å². The molecule has 3 saturated heterocycles. The van der Waals surface area contributed by atoms with Crippen molar-refractivity contribution in [2.75, 3.05) is 26.2 Å². The maximum Gasteiger partial charge on any atom is 0.415 e. The predicted molar refractivity (Wildman–Crippen MR) is 91.8 cm³/mol. The molecule has 6 heteroatoms. The van der Waals surface area contributed by atoms with Gasteiger partial charge in [0.1, 0.15) is 5.75 Å². The van der Waals surface area contributed by atoms with E-state index in [-0.39, 0.29) is 12.1 Å². The second-order valence-electron chi connectivity index (χ2n) is 6.53. The van der Waals surface area contributed by atoms with Gasteiger partial charge in [0, 0.05) is 44.0 Å². The van der Waals surface area contributed by atoms with Crippen LogP contribution < -0.4 is 4.74 Å². The maximum absolute atomic E-state index is 12.9. The molecular formula is C19H20FN3O2. The van der Waals surface area contributed by atoms with Crippen molar-refractivity contribution in [3.05, 3.63) is 48.5 Å². The van der Waals surface area contributed by atoms with Gasteiger partial charge in [0.05, 0.1) is 0 Å². The van der Waals surface area contributed by atoms with Gasteiger partial charge in [-0.3, -0.25) is 0 Å². The number of benzene rings is 1. The van der Waals surface area contributed by atoms with Crippen molar-refractivity contribution < 1.29 is 13.9 Å². The summed E-state index contributed by atoms with van der Waals surface area (Å²) in [5.41, 5.74) is 1.71. The van der Waals surface area contributed by atoms with Crippen LogP contribution in [0.4, 0.5) is 9.18 Å². The topological polar surface area (TPSA) is 45.7 Å². The number of rotatable bonds is 2. The molecular weight excluding hydrogens is 321 g/mol. The van der Waals surface area contributed by atoms with E-state index in [1.807, 2.05) is 17.0 Å². The fraction of sp³-hybridized carbons (Fsp3) is 0.368. The Balaban J connectivity index is 1.44. The van der Waals surface area contributed by atoms with Crippen LogP contribution in [0.15, 0.2) is 42.6 Å². The Morgan fingerprint density at radius 1 is 1.00 bits per heavy atom.